The van der Waals surface area contributed by atoms with E-state index in [0.717, 1.165) is 28.1 Å². The van der Waals surface area contributed by atoms with E-state index in [4.69, 9.17) is 9.47 Å². The maximum Gasteiger partial charge on any atom is 0.274 e. The number of imidazole rings is 1. The number of ether oxygens (including phenoxy) is 2. The average molecular weight is 443 g/mol. The predicted molar refractivity (Wildman–Crippen MR) is 129 cm³/mol. The Morgan fingerprint density at radius 1 is 0.906 bits per heavy atom. The highest BCUT2D eigenvalue weighted by molar-refractivity contribution is 7.15. The number of fused-ring (bicyclic) bond motifs is 3. The Hall–Kier alpha value is -3.64. The lowest BCUT2D eigenvalue weighted by atomic mass is 10.1. The van der Waals surface area contributed by atoms with Gasteiger partial charge in [0.2, 0.25) is 0 Å². The van der Waals surface area contributed by atoms with E-state index < -0.39 is 0 Å². The SMILES string of the molecule is Cc1cc(C)cc(OCCOc2ccc(/C=c3\sc4nc5ccccc5n4c3=O)cc2)c1. The molecule has 5 nitrogen and oxygen atoms in total. The van der Waals surface area contributed by atoms with E-state index in [1.165, 1.54) is 22.5 Å². The van der Waals surface area contributed by atoms with E-state index >= 15 is 0 Å². The van der Waals surface area contributed by atoms with Crippen molar-refractivity contribution in [2.45, 2.75) is 13.8 Å². The van der Waals surface area contributed by atoms with E-state index in [-0.39, 0.29) is 5.56 Å². The summed E-state index contributed by atoms with van der Waals surface area (Å²) < 4.78 is 13.9. The standard InChI is InChI=1S/C26H22N2O3S/c1-17-13-18(2)15-21(14-17)31-12-11-30-20-9-7-19(8-10-20)16-24-25(29)28-23-6-4-3-5-22(23)27-26(28)32-24/h3-10,13-16H,11-12H2,1-2H3/b24-16-. The summed E-state index contributed by atoms with van der Waals surface area (Å²) in [5.41, 5.74) is 4.94. The van der Waals surface area contributed by atoms with Gasteiger partial charge < -0.3 is 9.47 Å². The number of hydrogen-bond acceptors (Lipinski definition) is 5. The molecule has 0 N–H and O–H groups in total. The molecule has 2 heterocycles. The molecule has 0 saturated heterocycles. The van der Waals surface area contributed by atoms with Crippen LogP contribution in [-0.2, 0) is 0 Å². The van der Waals surface area contributed by atoms with Crippen LogP contribution in [0.15, 0.2) is 71.5 Å². The molecule has 3 aromatic carbocycles. The first-order valence-corrected chi connectivity index (χ1v) is 11.2. The van der Waals surface area contributed by atoms with Gasteiger partial charge >= 0.3 is 0 Å². The Bertz CT molecular complexity index is 1500. The number of hydrogen-bond donors (Lipinski definition) is 0. The molecule has 2 aromatic heterocycles. The molecule has 0 radical (unpaired) electrons. The number of aryl methyl sites for hydroxylation is 2. The molecule has 0 unspecified atom stereocenters. The second-order valence-electron chi connectivity index (χ2n) is 7.72. The quantitative estimate of drug-likeness (QED) is 0.363. The Balaban J connectivity index is 1.26. The lowest BCUT2D eigenvalue weighted by Crippen LogP contribution is -2.22. The Labute approximate surface area is 189 Å². The number of para-hydroxylation sites is 2. The second kappa shape index (κ2) is 8.48. The Morgan fingerprint density at radius 2 is 1.59 bits per heavy atom. The van der Waals surface area contributed by atoms with Crippen molar-refractivity contribution in [3.63, 3.8) is 0 Å². The summed E-state index contributed by atoms with van der Waals surface area (Å²) in [4.78, 5) is 18.1. The van der Waals surface area contributed by atoms with Gasteiger partial charge in [-0.15, -0.1) is 0 Å². The monoisotopic (exact) mass is 442 g/mol. The van der Waals surface area contributed by atoms with Gasteiger partial charge in [-0.2, -0.15) is 0 Å². The highest BCUT2D eigenvalue weighted by Crippen LogP contribution is 2.18. The summed E-state index contributed by atoms with van der Waals surface area (Å²) in [6.45, 7) is 5.04. The van der Waals surface area contributed by atoms with E-state index in [1.54, 1.807) is 4.40 Å². The van der Waals surface area contributed by atoms with E-state index in [9.17, 15) is 4.79 Å². The van der Waals surface area contributed by atoms with Gasteiger partial charge in [-0.3, -0.25) is 4.79 Å². The Morgan fingerprint density at radius 3 is 2.34 bits per heavy atom. The highest BCUT2D eigenvalue weighted by Gasteiger charge is 2.10. The zero-order valence-electron chi connectivity index (χ0n) is 17.9. The summed E-state index contributed by atoms with van der Waals surface area (Å²) in [5, 5.41) is 0. The van der Waals surface area contributed by atoms with Crippen molar-refractivity contribution in [3.05, 3.63) is 98.3 Å². The van der Waals surface area contributed by atoms with Gasteiger partial charge in [0.05, 0.1) is 15.6 Å². The van der Waals surface area contributed by atoms with Crippen molar-refractivity contribution < 1.29 is 9.47 Å². The molecule has 0 aliphatic heterocycles. The molecule has 0 aliphatic carbocycles. The zero-order valence-corrected chi connectivity index (χ0v) is 18.7. The van der Waals surface area contributed by atoms with Crippen LogP contribution in [0.1, 0.15) is 16.7 Å². The van der Waals surface area contributed by atoms with Crippen LogP contribution in [0.25, 0.3) is 22.1 Å². The van der Waals surface area contributed by atoms with Crippen molar-refractivity contribution in [1.82, 2.24) is 9.38 Å². The normalized spacial score (nSPS) is 12.0. The summed E-state index contributed by atoms with van der Waals surface area (Å²) in [7, 11) is 0. The summed E-state index contributed by atoms with van der Waals surface area (Å²) in [5.74, 6) is 1.63. The summed E-state index contributed by atoms with van der Waals surface area (Å²) in [6.07, 6.45) is 1.89. The zero-order chi connectivity index (χ0) is 22.1. The lowest BCUT2D eigenvalue weighted by molar-refractivity contribution is 0.217. The maximum atomic E-state index is 12.9. The van der Waals surface area contributed by atoms with Crippen LogP contribution >= 0.6 is 11.3 Å². The molecule has 0 aliphatic rings. The number of aromatic nitrogens is 2. The minimum Gasteiger partial charge on any atom is -0.490 e. The Kier molecular flexibility index (Phi) is 5.37. The molecular formula is C26H22N2O3S. The molecule has 0 spiro atoms. The molecule has 0 amide bonds. The molecule has 0 saturated carbocycles. The molecule has 32 heavy (non-hydrogen) atoms. The van der Waals surface area contributed by atoms with Gasteiger partial charge in [0.25, 0.3) is 5.56 Å². The minimum absolute atomic E-state index is 0.0393. The third kappa shape index (κ3) is 4.09. The van der Waals surface area contributed by atoms with Crippen molar-refractivity contribution in [2.24, 2.45) is 0 Å². The molecule has 6 heteroatoms. The predicted octanol–water partition coefficient (Wildman–Crippen LogP) is 4.53. The molecule has 160 valence electrons. The summed E-state index contributed by atoms with van der Waals surface area (Å²) >= 11 is 1.40. The average Bonchev–Trinajstić information content (AvgIpc) is 3.28. The maximum absolute atomic E-state index is 12.9. The fourth-order valence-corrected chi connectivity index (χ4v) is 4.75. The van der Waals surface area contributed by atoms with Crippen molar-refractivity contribution in [3.8, 4) is 11.5 Å². The van der Waals surface area contributed by atoms with Crippen LogP contribution in [0.3, 0.4) is 0 Å². The van der Waals surface area contributed by atoms with Gasteiger partial charge in [-0.1, -0.05) is 41.7 Å². The van der Waals surface area contributed by atoms with Crippen LogP contribution in [0.4, 0.5) is 0 Å². The fraction of sp³-hybridized carbons (Fsp3) is 0.154. The van der Waals surface area contributed by atoms with Gasteiger partial charge in [-0.25, -0.2) is 9.38 Å². The largest absolute Gasteiger partial charge is 0.490 e. The number of rotatable bonds is 6. The number of nitrogens with zero attached hydrogens (tertiary/aromatic N) is 2. The third-order valence-corrected chi connectivity index (χ3v) is 6.11. The topological polar surface area (TPSA) is 52.8 Å². The van der Waals surface area contributed by atoms with Crippen LogP contribution in [0, 0.1) is 13.8 Å². The first-order valence-electron chi connectivity index (χ1n) is 10.4. The van der Waals surface area contributed by atoms with Gasteiger partial charge in [-0.05, 0) is 73.0 Å². The van der Waals surface area contributed by atoms with Crippen LogP contribution < -0.4 is 19.6 Å². The molecular weight excluding hydrogens is 420 g/mol. The molecule has 0 fully saturated rings. The first kappa shape index (κ1) is 20.3. The minimum atomic E-state index is -0.0393. The van der Waals surface area contributed by atoms with Crippen LogP contribution in [-0.4, -0.2) is 22.6 Å². The summed E-state index contributed by atoms with van der Waals surface area (Å²) in [6, 6.07) is 21.5. The van der Waals surface area contributed by atoms with Crippen molar-refractivity contribution >= 4 is 33.4 Å². The van der Waals surface area contributed by atoms with Crippen LogP contribution in [0.5, 0.6) is 11.5 Å². The fourth-order valence-electron chi connectivity index (χ4n) is 3.76. The van der Waals surface area contributed by atoms with E-state index in [0.29, 0.717) is 22.7 Å². The number of benzene rings is 3. The van der Waals surface area contributed by atoms with Gasteiger partial charge in [0.1, 0.15) is 24.7 Å². The number of thiazole rings is 1. The van der Waals surface area contributed by atoms with Crippen molar-refractivity contribution in [2.75, 3.05) is 13.2 Å². The van der Waals surface area contributed by atoms with Crippen molar-refractivity contribution in [1.29, 1.82) is 0 Å². The first-order chi connectivity index (χ1) is 15.6. The third-order valence-electron chi connectivity index (χ3n) is 5.14. The highest BCUT2D eigenvalue weighted by atomic mass is 32.1. The van der Waals surface area contributed by atoms with Gasteiger partial charge in [0.15, 0.2) is 4.96 Å². The molecule has 5 aromatic rings. The van der Waals surface area contributed by atoms with Crippen LogP contribution in [0.2, 0.25) is 0 Å². The van der Waals surface area contributed by atoms with E-state index in [1.807, 2.05) is 66.7 Å². The van der Waals surface area contributed by atoms with E-state index in [2.05, 4.69) is 24.9 Å². The second-order valence-corrected chi connectivity index (χ2v) is 8.73. The molecule has 0 bridgehead atoms. The lowest BCUT2D eigenvalue weighted by Gasteiger charge is -2.10. The molecule has 5 rings (SSSR count). The molecule has 0 atom stereocenters. The van der Waals surface area contributed by atoms with Gasteiger partial charge in [0, 0.05) is 0 Å². The smallest absolute Gasteiger partial charge is 0.274 e.